The van der Waals surface area contributed by atoms with Crippen molar-refractivity contribution in [2.75, 3.05) is 23.4 Å². The largest absolute Gasteiger partial charge is 0.508 e. The third-order valence-electron chi connectivity index (χ3n) is 6.51. The first-order chi connectivity index (χ1) is 16.6. The SMILES string of the molecule is CC(=CCN1C(=O)c2cccc(O)c2N(C)c2c(O)cc(O)cc21)CCC=C(C)CCCC(C)C. The lowest BCUT2D eigenvalue weighted by Gasteiger charge is -2.25. The molecule has 0 radical (unpaired) electrons. The minimum absolute atomic E-state index is 0.0547. The van der Waals surface area contributed by atoms with Crippen LogP contribution in [0.2, 0.25) is 0 Å². The lowest BCUT2D eigenvalue weighted by atomic mass is 10.0. The van der Waals surface area contributed by atoms with Crippen LogP contribution < -0.4 is 9.80 Å². The summed E-state index contributed by atoms with van der Waals surface area (Å²) in [7, 11) is 1.68. The highest BCUT2D eigenvalue weighted by molar-refractivity contribution is 6.15. The Kier molecular flexibility index (Phi) is 8.49. The van der Waals surface area contributed by atoms with E-state index < -0.39 is 0 Å². The van der Waals surface area contributed by atoms with Crippen LogP contribution in [0.15, 0.2) is 53.6 Å². The number of fused-ring (bicyclic) bond motifs is 2. The second-order valence-electron chi connectivity index (χ2n) is 9.91. The molecule has 188 valence electrons. The molecule has 0 saturated carbocycles. The van der Waals surface area contributed by atoms with Gasteiger partial charge in [0.1, 0.15) is 22.9 Å². The van der Waals surface area contributed by atoms with Crippen LogP contribution >= 0.6 is 0 Å². The van der Waals surface area contributed by atoms with Gasteiger partial charge in [0.05, 0.1) is 16.9 Å². The van der Waals surface area contributed by atoms with E-state index in [1.807, 2.05) is 6.08 Å². The number of phenolic OH excluding ortho intramolecular Hbond substituents is 3. The quantitative estimate of drug-likeness (QED) is 0.337. The van der Waals surface area contributed by atoms with Gasteiger partial charge in [0.25, 0.3) is 5.91 Å². The Morgan fingerprint density at radius 2 is 1.69 bits per heavy atom. The molecule has 1 amide bonds. The number of hydrogen-bond acceptors (Lipinski definition) is 5. The molecule has 0 bridgehead atoms. The van der Waals surface area contributed by atoms with Gasteiger partial charge < -0.3 is 25.1 Å². The number of nitrogens with zero attached hydrogens (tertiary/aromatic N) is 2. The number of anilines is 3. The van der Waals surface area contributed by atoms with E-state index in [4.69, 9.17) is 0 Å². The third kappa shape index (κ3) is 6.18. The normalized spacial score (nSPS) is 14.3. The molecule has 0 fully saturated rings. The fourth-order valence-corrected chi connectivity index (χ4v) is 4.53. The first-order valence-corrected chi connectivity index (χ1v) is 12.3. The monoisotopic (exact) mass is 478 g/mol. The molecule has 0 aliphatic carbocycles. The minimum atomic E-state index is -0.309. The highest BCUT2D eigenvalue weighted by Gasteiger charge is 2.33. The Balaban J connectivity index is 1.83. The smallest absolute Gasteiger partial charge is 0.260 e. The molecule has 1 aliphatic rings. The predicted octanol–water partition coefficient (Wildman–Crippen LogP) is 7.03. The first-order valence-electron chi connectivity index (χ1n) is 12.3. The number of hydrogen-bond donors (Lipinski definition) is 3. The van der Waals surface area contributed by atoms with Crippen LogP contribution in [0.5, 0.6) is 17.2 Å². The maximum Gasteiger partial charge on any atom is 0.260 e. The maximum absolute atomic E-state index is 13.6. The Bertz CT molecular complexity index is 1130. The number of aromatic hydroxyl groups is 3. The lowest BCUT2D eigenvalue weighted by molar-refractivity contribution is 0.0990. The third-order valence-corrected chi connectivity index (χ3v) is 6.51. The van der Waals surface area contributed by atoms with Gasteiger partial charge in [-0.3, -0.25) is 4.79 Å². The molecule has 0 unspecified atom stereocenters. The number of rotatable bonds is 9. The number of allylic oxidation sites excluding steroid dienone is 3. The summed E-state index contributed by atoms with van der Waals surface area (Å²) in [6.45, 7) is 9.03. The van der Waals surface area contributed by atoms with Crippen LogP contribution in [0.4, 0.5) is 17.1 Å². The van der Waals surface area contributed by atoms with E-state index in [9.17, 15) is 20.1 Å². The Morgan fingerprint density at radius 1 is 0.971 bits per heavy atom. The molecule has 1 heterocycles. The summed E-state index contributed by atoms with van der Waals surface area (Å²) in [6.07, 6.45) is 9.74. The summed E-state index contributed by atoms with van der Waals surface area (Å²) in [5, 5.41) is 31.3. The van der Waals surface area contributed by atoms with Crippen molar-refractivity contribution in [1.82, 2.24) is 0 Å². The molecular formula is C29H38N2O4. The van der Waals surface area contributed by atoms with Gasteiger partial charge in [-0.1, -0.05) is 49.6 Å². The summed E-state index contributed by atoms with van der Waals surface area (Å²) in [4.78, 5) is 16.7. The Labute approximate surface area is 208 Å². The van der Waals surface area contributed by atoms with E-state index in [2.05, 4.69) is 33.8 Å². The van der Waals surface area contributed by atoms with Crippen molar-refractivity contribution in [3.8, 4) is 17.2 Å². The fraction of sp³-hybridized carbons (Fsp3) is 0.414. The molecule has 0 atom stereocenters. The van der Waals surface area contributed by atoms with Crippen molar-refractivity contribution < 1.29 is 20.1 Å². The molecule has 6 nitrogen and oxygen atoms in total. The van der Waals surface area contributed by atoms with E-state index in [1.165, 1.54) is 41.5 Å². The van der Waals surface area contributed by atoms with E-state index in [0.29, 0.717) is 22.6 Å². The van der Waals surface area contributed by atoms with Crippen LogP contribution in [-0.4, -0.2) is 34.8 Å². The summed E-state index contributed by atoms with van der Waals surface area (Å²) in [6, 6.07) is 7.51. The molecule has 0 saturated heterocycles. The number of carbonyl (C=O) groups is 1. The van der Waals surface area contributed by atoms with Crippen molar-refractivity contribution >= 4 is 23.0 Å². The van der Waals surface area contributed by atoms with Gasteiger partial charge >= 0.3 is 0 Å². The maximum atomic E-state index is 13.6. The first kappa shape index (κ1) is 26.2. The molecule has 3 rings (SSSR count). The van der Waals surface area contributed by atoms with Crippen LogP contribution in [0.25, 0.3) is 0 Å². The standard InChI is InChI=1S/C29H38N2O4/c1-19(2)9-6-10-20(3)11-7-12-21(4)15-16-31-24-17-22(32)18-26(34)28(24)30(5)27-23(29(31)35)13-8-14-25(27)33/h8,11,13-15,17-19,32-34H,6-7,9-10,12,16H2,1-5H3. The summed E-state index contributed by atoms with van der Waals surface area (Å²) in [5.74, 6) is 0.0632. The molecule has 6 heteroatoms. The molecule has 2 aromatic carbocycles. The van der Waals surface area contributed by atoms with Crippen LogP contribution in [-0.2, 0) is 0 Å². The number of benzene rings is 2. The summed E-state index contributed by atoms with van der Waals surface area (Å²) in [5.41, 5.74) is 3.96. The van der Waals surface area contributed by atoms with Gasteiger partial charge in [-0.25, -0.2) is 0 Å². The van der Waals surface area contributed by atoms with E-state index >= 15 is 0 Å². The summed E-state index contributed by atoms with van der Waals surface area (Å²) >= 11 is 0. The van der Waals surface area contributed by atoms with Crippen molar-refractivity contribution in [2.24, 2.45) is 5.92 Å². The molecule has 1 aliphatic heterocycles. The molecule has 2 aromatic rings. The molecule has 35 heavy (non-hydrogen) atoms. The van der Waals surface area contributed by atoms with Crippen molar-refractivity contribution in [3.63, 3.8) is 0 Å². The number of para-hydroxylation sites is 1. The minimum Gasteiger partial charge on any atom is -0.508 e. The zero-order valence-corrected chi connectivity index (χ0v) is 21.5. The number of amides is 1. The van der Waals surface area contributed by atoms with Crippen molar-refractivity contribution in [1.29, 1.82) is 0 Å². The molecule has 0 aromatic heterocycles. The van der Waals surface area contributed by atoms with Gasteiger partial charge in [0, 0.05) is 25.7 Å². The number of phenols is 3. The van der Waals surface area contributed by atoms with Gasteiger partial charge in [0.2, 0.25) is 0 Å². The zero-order valence-electron chi connectivity index (χ0n) is 21.5. The average Bonchev–Trinajstić information content (AvgIpc) is 2.86. The van der Waals surface area contributed by atoms with E-state index in [-0.39, 0.29) is 29.7 Å². The Morgan fingerprint density at radius 3 is 2.40 bits per heavy atom. The zero-order chi connectivity index (χ0) is 25.7. The molecule has 3 N–H and O–H groups in total. The van der Waals surface area contributed by atoms with Gasteiger partial charge in [-0.15, -0.1) is 0 Å². The highest BCUT2D eigenvalue weighted by Crippen LogP contribution is 2.49. The molecular weight excluding hydrogens is 440 g/mol. The average molecular weight is 479 g/mol. The Hall–Kier alpha value is -3.41. The second-order valence-corrected chi connectivity index (χ2v) is 9.91. The van der Waals surface area contributed by atoms with Crippen molar-refractivity contribution in [2.45, 2.75) is 59.8 Å². The predicted molar refractivity (Wildman–Crippen MR) is 143 cm³/mol. The van der Waals surface area contributed by atoms with Crippen LogP contribution in [0, 0.1) is 5.92 Å². The van der Waals surface area contributed by atoms with Crippen LogP contribution in [0.1, 0.15) is 70.2 Å². The summed E-state index contributed by atoms with van der Waals surface area (Å²) < 4.78 is 0. The van der Waals surface area contributed by atoms with Gasteiger partial charge in [0.15, 0.2) is 0 Å². The van der Waals surface area contributed by atoms with Crippen molar-refractivity contribution in [3.05, 3.63) is 59.2 Å². The highest BCUT2D eigenvalue weighted by atomic mass is 16.3. The van der Waals surface area contributed by atoms with E-state index in [1.54, 1.807) is 24.1 Å². The van der Waals surface area contributed by atoms with Gasteiger partial charge in [-0.2, -0.15) is 0 Å². The topological polar surface area (TPSA) is 84.2 Å². The van der Waals surface area contributed by atoms with E-state index in [0.717, 1.165) is 30.8 Å². The molecule has 0 spiro atoms. The lowest BCUT2D eigenvalue weighted by Crippen LogP contribution is -2.30. The van der Waals surface area contributed by atoms with Gasteiger partial charge in [-0.05, 0) is 57.6 Å². The van der Waals surface area contributed by atoms with Crippen LogP contribution in [0.3, 0.4) is 0 Å². The second kappa shape index (κ2) is 11.3. The fourth-order valence-electron chi connectivity index (χ4n) is 4.53. The number of carbonyl (C=O) groups excluding carboxylic acids is 1.